The minimum Gasteiger partial charge on any atom is -0.306 e. The van der Waals surface area contributed by atoms with Gasteiger partial charge in [-0.15, -0.1) is 11.8 Å². The standard InChI is InChI=1S/C16H19NS/c1-13(15-8-10-16(18-2)11-9-15)17-12-14-6-4-3-5-7-14/h3-11,13,17H,12H2,1-2H3. The van der Waals surface area contributed by atoms with Crippen LogP contribution in [0, 0.1) is 0 Å². The summed E-state index contributed by atoms with van der Waals surface area (Å²) in [4.78, 5) is 1.31. The molecular formula is C16H19NS. The molecule has 0 aliphatic heterocycles. The molecule has 0 heterocycles. The first-order valence-electron chi connectivity index (χ1n) is 6.21. The number of thioether (sulfide) groups is 1. The molecule has 0 bridgehead atoms. The van der Waals surface area contributed by atoms with E-state index in [9.17, 15) is 0 Å². The lowest BCUT2D eigenvalue weighted by molar-refractivity contribution is 0.574. The lowest BCUT2D eigenvalue weighted by Gasteiger charge is -2.14. The molecule has 0 spiro atoms. The van der Waals surface area contributed by atoms with E-state index in [0.29, 0.717) is 6.04 Å². The van der Waals surface area contributed by atoms with Crippen LogP contribution in [0.5, 0.6) is 0 Å². The van der Waals surface area contributed by atoms with E-state index < -0.39 is 0 Å². The Morgan fingerprint density at radius 2 is 1.67 bits per heavy atom. The summed E-state index contributed by atoms with van der Waals surface area (Å²) in [5, 5.41) is 3.55. The summed E-state index contributed by atoms with van der Waals surface area (Å²) in [5.74, 6) is 0. The molecule has 18 heavy (non-hydrogen) atoms. The predicted octanol–water partition coefficient (Wildman–Crippen LogP) is 4.26. The molecule has 0 amide bonds. The maximum absolute atomic E-state index is 3.55. The van der Waals surface area contributed by atoms with Crippen molar-refractivity contribution in [3.8, 4) is 0 Å². The van der Waals surface area contributed by atoms with E-state index in [4.69, 9.17) is 0 Å². The summed E-state index contributed by atoms with van der Waals surface area (Å²) in [5.41, 5.74) is 2.66. The molecule has 0 aromatic heterocycles. The van der Waals surface area contributed by atoms with Crippen LogP contribution >= 0.6 is 11.8 Å². The van der Waals surface area contributed by atoms with Crippen molar-refractivity contribution in [3.05, 3.63) is 65.7 Å². The van der Waals surface area contributed by atoms with Crippen molar-refractivity contribution >= 4 is 11.8 Å². The quantitative estimate of drug-likeness (QED) is 0.803. The molecule has 1 N–H and O–H groups in total. The van der Waals surface area contributed by atoms with Gasteiger partial charge in [-0.25, -0.2) is 0 Å². The second-order valence-electron chi connectivity index (χ2n) is 4.36. The highest BCUT2D eigenvalue weighted by Crippen LogP contribution is 2.19. The van der Waals surface area contributed by atoms with Crippen LogP contribution < -0.4 is 5.32 Å². The minimum absolute atomic E-state index is 0.376. The van der Waals surface area contributed by atoms with Crippen LogP contribution in [0.25, 0.3) is 0 Å². The van der Waals surface area contributed by atoms with Gasteiger partial charge in [0.2, 0.25) is 0 Å². The largest absolute Gasteiger partial charge is 0.306 e. The van der Waals surface area contributed by atoms with Crippen molar-refractivity contribution in [1.29, 1.82) is 0 Å². The maximum Gasteiger partial charge on any atom is 0.0294 e. The van der Waals surface area contributed by atoms with Gasteiger partial charge in [-0.2, -0.15) is 0 Å². The average Bonchev–Trinajstić information content (AvgIpc) is 2.46. The molecule has 1 atom stereocenters. The van der Waals surface area contributed by atoms with E-state index in [2.05, 4.69) is 67.0 Å². The van der Waals surface area contributed by atoms with Crippen molar-refractivity contribution in [2.24, 2.45) is 0 Å². The third-order valence-corrected chi connectivity index (χ3v) is 3.81. The van der Waals surface area contributed by atoms with E-state index >= 15 is 0 Å². The SMILES string of the molecule is CSc1ccc(C(C)NCc2ccccc2)cc1. The zero-order valence-corrected chi connectivity index (χ0v) is 11.7. The van der Waals surface area contributed by atoms with E-state index in [0.717, 1.165) is 6.54 Å². The van der Waals surface area contributed by atoms with Gasteiger partial charge in [0, 0.05) is 17.5 Å². The summed E-state index contributed by atoms with van der Waals surface area (Å²) in [6, 6.07) is 19.6. The summed E-state index contributed by atoms with van der Waals surface area (Å²) in [7, 11) is 0. The number of nitrogens with one attached hydrogen (secondary N) is 1. The third-order valence-electron chi connectivity index (χ3n) is 3.07. The zero-order valence-electron chi connectivity index (χ0n) is 10.9. The summed E-state index contributed by atoms with van der Waals surface area (Å²) in [6.07, 6.45) is 2.10. The Morgan fingerprint density at radius 1 is 1.00 bits per heavy atom. The zero-order chi connectivity index (χ0) is 12.8. The number of hydrogen-bond donors (Lipinski definition) is 1. The molecule has 1 unspecified atom stereocenters. The molecule has 0 saturated heterocycles. The fourth-order valence-electron chi connectivity index (χ4n) is 1.88. The first-order valence-corrected chi connectivity index (χ1v) is 7.43. The smallest absolute Gasteiger partial charge is 0.0294 e. The monoisotopic (exact) mass is 257 g/mol. The Labute approximate surface area is 114 Å². The fourth-order valence-corrected chi connectivity index (χ4v) is 2.29. The second kappa shape index (κ2) is 6.62. The number of hydrogen-bond acceptors (Lipinski definition) is 2. The van der Waals surface area contributed by atoms with Gasteiger partial charge in [0.25, 0.3) is 0 Å². The van der Waals surface area contributed by atoms with Crippen LogP contribution in [0.15, 0.2) is 59.5 Å². The highest BCUT2D eigenvalue weighted by molar-refractivity contribution is 7.98. The number of benzene rings is 2. The molecule has 1 nitrogen and oxygen atoms in total. The Kier molecular flexibility index (Phi) is 4.85. The van der Waals surface area contributed by atoms with Crippen molar-refractivity contribution < 1.29 is 0 Å². The first kappa shape index (κ1) is 13.2. The van der Waals surface area contributed by atoms with E-state index in [1.165, 1.54) is 16.0 Å². The Bertz CT molecular complexity index is 464. The van der Waals surface area contributed by atoms with E-state index in [-0.39, 0.29) is 0 Å². The van der Waals surface area contributed by atoms with Crippen molar-refractivity contribution in [2.45, 2.75) is 24.4 Å². The number of rotatable bonds is 5. The van der Waals surface area contributed by atoms with Crippen molar-refractivity contribution in [2.75, 3.05) is 6.26 Å². The van der Waals surface area contributed by atoms with Crippen LogP contribution in [0.4, 0.5) is 0 Å². The van der Waals surface area contributed by atoms with Crippen LogP contribution in [0.2, 0.25) is 0 Å². The van der Waals surface area contributed by atoms with Gasteiger partial charge in [0.05, 0.1) is 0 Å². The molecule has 94 valence electrons. The van der Waals surface area contributed by atoms with Gasteiger partial charge in [-0.3, -0.25) is 0 Å². The van der Waals surface area contributed by atoms with Crippen LogP contribution in [0.3, 0.4) is 0 Å². The van der Waals surface area contributed by atoms with Gasteiger partial charge in [-0.1, -0.05) is 42.5 Å². The van der Waals surface area contributed by atoms with Gasteiger partial charge < -0.3 is 5.32 Å². The summed E-state index contributed by atoms with van der Waals surface area (Å²) >= 11 is 1.78. The Balaban J connectivity index is 1.93. The highest BCUT2D eigenvalue weighted by atomic mass is 32.2. The molecule has 2 heteroatoms. The summed E-state index contributed by atoms with van der Waals surface area (Å²) in [6.45, 7) is 3.11. The molecule has 0 fully saturated rings. The molecule has 0 aliphatic rings. The molecular weight excluding hydrogens is 238 g/mol. The van der Waals surface area contributed by atoms with E-state index in [1.807, 2.05) is 6.07 Å². The molecule has 0 radical (unpaired) electrons. The van der Waals surface area contributed by atoms with Crippen LogP contribution in [0.1, 0.15) is 24.1 Å². The molecule has 2 rings (SSSR count). The van der Waals surface area contributed by atoms with Gasteiger partial charge in [0.15, 0.2) is 0 Å². The fraction of sp³-hybridized carbons (Fsp3) is 0.250. The first-order chi connectivity index (χ1) is 8.79. The van der Waals surface area contributed by atoms with Crippen molar-refractivity contribution in [1.82, 2.24) is 5.32 Å². The Morgan fingerprint density at radius 3 is 2.28 bits per heavy atom. The molecule has 2 aromatic carbocycles. The predicted molar refractivity (Wildman–Crippen MR) is 79.9 cm³/mol. The third kappa shape index (κ3) is 3.62. The van der Waals surface area contributed by atoms with Crippen LogP contribution in [-0.2, 0) is 6.54 Å². The van der Waals surface area contributed by atoms with E-state index in [1.54, 1.807) is 11.8 Å². The van der Waals surface area contributed by atoms with Gasteiger partial charge >= 0.3 is 0 Å². The van der Waals surface area contributed by atoms with Gasteiger partial charge in [-0.05, 0) is 36.4 Å². The lowest BCUT2D eigenvalue weighted by atomic mass is 10.1. The molecule has 0 saturated carbocycles. The average molecular weight is 257 g/mol. The van der Waals surface area contributed by atoms with Gasteiger partial charge in [0.1, 0.15) is 0 Å². The maximum atomic E-state index is 3.55. The summed E-state index contributed by atoms with van der Waals surface area (Å²) < 4.78 is 0. The van der Waals surface area contributed by atoms with Crippen LogP contribution in [-0.4, -0.2) is 6.26 Å². The molecule has 0 aliphatic carbocycles. The minimum atomic E-state index is 0.376. The normalized spacial score (nSPS) is 12.3. The topological polar surface area (TPSA) is 12.0 Å². The van der Waals surface area contributed by atoms with Crippen molar-refractivity contribution in [3.63, 3.8) is 0 Å². The Hall–Kier alpha value is -1.25. The highest BCUT2D eigenvalue weighted by Gasteiger charge is 2.04. The second-order valence-corrected chi connectivity index (χ2v) is 5.24. The molecule has 2 aromatic rings. The lowest BCUT2D eigenvalue weighted by Crippen LogP contribution is -2.17.